The van der Waals surface area contributed by atoms with Crippen molar-refractivity contribution in [2.45, 2.75) is 26.3 Å². The number of likely N-dealkylation sites (tertiary alicyclic amines) is 1. The molecule has 1 atom stereocenters. The topological polar surface area (TPSA) is 79.7 Å². The second-order valence-electron chi connectivity index (χ2n) is 7.86. The van der Waals surface area contributed by atoms with Crippen molar-refractivity contribution >= 4 is 28.5 Å². The zero-order chi connectivity index (χ0) is 21.7. The molecule has 1 saturated heterocycles. The Kier molecular flexibility index (Phi) is 4.63. The van der Waals surface area contributed by atoms with E-state index in [1.807, 2.05) is 44.2 Å². The molecule has 4 heterocycles. The largest absolute Gasteiger partial charge is 0.340 e. The van der Waals surface area contributed by atoms with Crippen molar-refractivity contribution in [2.75, 3.05) is 6.54 Å². The number of fused-ring (bicyclic) bond motifs is 1. The first-order valence-electron chi connectivity index (χ1n) is 10.0. The van der Waals surface area contributed by atoms with Gasteiger partial charge in [-0.1, -0.05) is 23.8 Å². The smallest absolute Gasteiger partial charge is 0.275 e. The number of H-pyrrole nitrogens is 1. The molecule has 8 heteroatoms. The van der Waals surface area contributed by atoms with Crippen LogP contribution in [0.1, 0.15) is 40.0 Å². The lowest BCUT2D eigenvalue weighted by atomic mass is 10.1. The molecule has 0 bridgehead atoms. The van der Waals surface area contributed by atoms with Crippen LogP contribution in [-0.2, 0) is 0 Å². The van der Waals surface area contributed by atoms with Crippen molar-refractivity contribution in [2.24, 2.45) is 0 Å². The van der Waals surface area contributed by atoms with E-state index >= 15 is 0 Å². The number of amides is 1. The van der Waals surface area contributed by atoms with Crippen LogP contribution in [0.25, 0.3) is 16.7 Å². The third-order valence-corrected chi connectivity index (χ3v) is 6.07. The van der Waals surface area contributed by atoms with Crippen LogP contribution in [0.3, 0.4) is 0 Å². The van der Waals surface area contributed by atoms with E-state index in [1.54, 1.807) is 22.0 Å². The predicted octanol–water partition coefficient (Wildman–Crippen LogP) is 4.56. The molecule has 4 aromatic rings. The molecule has 1 fully saturated rings. The molecule has 31 heavy (non-hydrogen) atoms. The Morgan fingerprint density at radius 2 is 2.06 bits per heavy atom. The van der Waals surface area contributed by atoms with Gasteiger partial charge in [0.25, 0.3) is 5.91 Å². The third-order valence-electron chi connectivity index (χ3n) is 5.66. The number of carbonyl (C=O) groups excluding carboxylic acids is 1. The number of hydrogen-bond donors (Lipinski definition) is 1. The van der Waals surface area contributed by atoms with E-state index < -0.39 is 0 Å². The van der Waals surface area contributed by atoms with Crippen molar-refractivity contribution in [3.63, 3.8) is 0 Å². The second-order valence-corrected chi connectivity index (χ2v) is 8.27. The van der Waals surface area contributed by atoms with Gasteiger partial charge in [-0.05, 0) is 56.2 Å². The normalized spacial score (nSPS) is 16.4. The average Bonchev–Trinajstić information content (AvgIpc) is 3.49. The summed E-state index contributed by atoms with van der Waals surface area (Å²) >= 11 is 6.27. The first-order chi connectivity index (χ1) is 14.9. The molecule has 0 aliphatic carbocycles. The van der Waals surface area contributed by atoms with E-state index in [9.17, 15) is 4.79 Å². The summed E-state index contributed by atoms with van der Waals surface area (Å²) < 4.78 is 1.66. The highest BCUT2D eigenvalue weighted by atomic mass is 35.5. The minimum absolute atomic E-state index is 0.173. The van der Waals surface area contributed by atoms with Gasteiger partial charge in [-0.25, -0.2) is 14.6 Å². The Balaban J connectivity index is 1.57. The summed E-state index contributed by atoms with van der Waals surface area (Å²) in [4.78, 5) is 28.2. The van der Waals surface area contributed by atoms with Crippen molar-refractivity contribution in [3.8, 4) is 5.69 Å². The summed E-state index contributed by atoms with van der Waals surface area (Å²) in [6, 6.07) is 9.07. The van der Waals surface area contributed by atoms with Gasteiger partial charge in [0, 0.05) is 29.7 Å². The average molecular weight is 433 g/mol. The Hall–Kier alpha value is -3.45. The highest BCUT2D eigenvalue weighted by Gasteiger charge is 2.36. The van der Waals surface area contributed by atoms with Gasteiger partial charge in [0.15, 0.2) is 5.69 Å². The minimum Gasteiger partial charge on any atom is -0.340 e. The summed E-state index contributed by atoms with van der Waals surface area (Å²) in [6.45, 7) is 8.40. The predicted molar refractivity (Wildman–Crippen MR) is 119 cm³/mol. The third kappa shape index (κ3) is 3.31. The van der Waals surface area contributed by atoms with Gasteiger partial charge in [0.1, 0.15) is 5.82 Å². The number of hydrogen-bond acceptors (Lipinski definition) is 4. The summed E-state index contributed by atoms with van der Waals surface area (Å²) in [7, 11) is 0. The molecule has 3 aromatic heterocycles. The van der Waals surface area contributed by atoms with Crippen LogP contribution in [0, 0.1) is 13.8 Å². The fourth-order valence-electron chi connectivity index (χ4n) is 4.06. The summed E-state index contributed by atoms with van der Waals surface area (Å²) in [5.74, 6) is 0.550. The molecule has 7 nitrogen and oxygen atoms in total. The molecule has 1 N–H and O–H groups in total. The number of halogens is 1. The van der Waals surface area contributed by atoms with Crippen LogP contribution in [0.15, 0.2) is 54.9 Å². The van der Waals surface area contributed by atoms with Crippen LogP contribution < -0.4 is 0 Å². The quantitative estimate of drug-likeness (QED) is 0.481. The number of pyridine rings is 1. The van der Waals surface area contributed by atoms with E-state index in [-0.39, 0.29) is 11.9 Å². The molecule has 0 spiro atoms. The number of nitrogens with one attached hydrogen (secondary N) is 1. The van der Waals surface area contributed by atoms with E-state index in [0.717, 1.165) is 33.7 Å². The molecule has 1 unspecified atom stereocenters. The van der Waals surface area contributed by atoms with Gasteiger partial charge < -0.3 is 9.88 Å². The summed E-state index contributed by atoms with van der Waals surface area (Å²) in [5.41, 5.74) is 5.37. The van der Waals surface area contributed by atoms with Gasteiger partial charge in [-0.15, -0.1) is 0 Å². The van der Waals surface area contributed by atoms with Gasteiger partial charge in [-0.3, -0.25) is 4.79 Å². The van der Waals surface area contributed by atoms with Crippen LogP contribution in [0.4, 0.5) is 0 Å². The van der Waals surface area contributed by atoms with Crippen LogP contribution >= 0.6 is 11.6 Å². The molecule has 156 valence electrons. The maximum Gasteiger partial charge on any atom is 0.275 e. The molecule has 0 saturated carbocycles. The summed E-state index contributed by atoms with van der Waals surface area (Å²) in [6.07, 6.45) is 4.12. The molecule has 1 amide bonds. The molecule has 1 aromatic carbocycles. The van der Waals surface area contributed by atoms with E-state index in [2.05, 4.69) is 21.6 Å². The number of rotatable bonds is 3. The van der Waals surface area contributed by atoms with Gasteiger partial charge in [-0.2, -0.15) is 5.10 Å². The number of benzene rings is 1. The lowest BCUT2D eigenvalue weighted by Gasteiger charge is -2.23. The monoisotopic (exact) mass is 432 g/mol. The van der Waals surface area contributed by atoms with Crippen molar-refractivity contribution in [3.05, 3.63) is 82.7 Å². The van der Waals surface area contributed by atoms with Crippen LogP contribution in [-0.4, -0.2) is 42.1 Å². The number of nitrogens with zero attached hydrogens (tertiary/aromatic N) is 5. The summed E-state index contributed by atoms with van der Waals surface area (Å²) in [5, 5.41) is 4.95. The Labute approximate surface area is 184 Å². The SMILES string of the molecule is C=C1CC(c2nc3c(C)c(Cl)ccc3[nH]2)N(C(=O)c2nc(C)ccc2-n2cccn2)C1. The fraction of sp³-hybridized carbons (Fsp3) is 0.217. The minimum atomic E-state index is -0.252. The Morgan fingerprint density at radius 1 is 1.23 bits per heavy atom. The number of aromatic amines is 1. The van der Waals surface area contributed by atoms with E-state index in [0.29, 0.717) is 29.4 Å². The van der Waals surface area contributed by atoms with Gasteiger partial charge in [0.2, 0.25) is 0 Å². The lowest BCUT2D eigenvalue weighted by molar-refractivity contribution is 0.0726. The van der Waals surface area contributed by atoms with Crippen molar-refractivity contribution in [1.82, 2.24) is 29.6 Å². The zero-order valence-corrected chi connectivity index (χ0v) is 18.0. The highest BCUT2D eigenvalue weighted by molar-refractivity contribution is 6.32. The molecule has 0 radical (unpaired) electrons. The van der Waals surface area contributed by atoms with E-state index in [4.69, 9.17) is 16.6 Å². The van der Waals surface area contributed by atoms with Crippen molar-refractivity contribution < 1.29 is 4.79 Å². The maximum atomic E-state index is 13.7. The number of imidazole rings is 1. The zero-order valence-electron chi connectivity index (χ0n) is 17.3. The molecular formula is C23H21ClN6O. The van der Waals surface area contributed by atoms with Crippen molar-refractivity contribution in [1.29, 1.82) is 0 Å². The second kappa shape index (κ2) is 7.35. The fourth-order valence-corrected chi connectivity index (χ4v) is 4.21. The number of carbonyl (C=O) groups is 1. The van der Waals surface area contributed by atoms with Gasteiger partial charge in [0.05, 0.1) is 22.8 Å². The highest BCUT2D eigenvalue weighted by Crippen LogP contribution is 2.36. The number of aromatic nitrogens is 5. The molecule has 5 rings (SSSR count). The molecular weight excluding hydrogens is 412 g/mol. The Morgan fingerprint density at radius 3 is 2.84 bits per heavy atom. The first-order valence-corrected chi connectivity index (χ1v) is 10.4. The Bertz CT molecular complexity index is 1320. The molecule has 1 aliphatic heterocycles. The standard InChI is InChI=1S/C23H21ClN6O/c1-13-11-19(22-27-17-7-6-16(24)15(3)20(17)28-22)29(12-13)23(31)21-18(8-5-14(2)26-21)30-10-4-9-25-30/h4-10,19H,1,11-12H2,2-3H3,(H,27,28). The van der Waals surface area contributed by atoms with E-state index in [1.165, 1.54) is 0 Å². The maximum absolute atomic E-state index is 13.7. The van der Waals surface area contributed by atoms with Crippen LogP contribution in [0.5, 0.6) is 0 Å². The molecule has 1 aliphatic rings. The lowest BCUT2D eigenvalue weighted by Crippen LogP contribution is -2.33. The number of aryl methyl sites for hydroxylation is 2. The first kappa shape index (κ1) is 19.5. The van der Waals surface area contributed by atoms with Gasteiger partial charge >= 0.3 is 0 Å². The van der Waals surface area contributed by atoms with Crippen LogP contribution in [0.2, 0.25) is 5.02 Å².